The fraction of sp³-hybridized carbons (Fsp3) is 0.333. The Balaban J connectivity index is 2.08. The first-order valence-corrected chi connectivity index (χ1v) is 7.67. The third-order valence-electron chi connectivity index (χ3n) is 3.38. The molecule has 1 heterocycles. The SMILES string of the molecule is COc1cc(/C=C/C(=O)Nc2noc(C)c2C)ccc1OC(C)C. The van der Waals surface area contributed by atoms with Crippen LogP contribution >= 0.6 is 0 Å². The van der Waals surface area contributed by atoms with Crippen molar-refractivity contribution >= 4 is 17.8 Å². The number of aromatic nitrogens is 1. The number of hydrogen-bond acceptors (Lipinski definition) is 5. The van der Waals surface area contributed by atoms with Gasteiger partial charge in [0, 0.05) is 11.6 Å². The molecule has 6 nitrogen and oxygen atoms in total. The zero-order valence-corrected chi connectivity index (χ0v) is 14.5. The zero-order valence-electron chi connectivity index (χ0n) is 14.5. The van der Waals surface area contributed by atoms with E-state index in [0.717, 1.165) is 11.1 Å². The van der Waals surface area contributed by atoms with Crippen LogP contribution in [0.25, 0.3) is 6.08 Å². The minimum atomic E-state index is -0.284. The number of methoxy groups -OCH3 is 1. The van der Waals surface area contributed by atoms with Gasteiger partial charge in [-0.2, -0.15) is 0 Å². The minimum Gasteiger partial charge on any atom is -0.493 e. The summed E-state index contributed by atoms with van der Waals surface area (Å²) in [4.78, 5) is 12.0. The smallest absolute Gasteiger partial charge is 0.249 e. The Labute approximate surface area is 141 Å². The van der Waals surface area contributed by atoms with Crippen LogP contribution in [0.2, 0.25) is 0 Å². The first kappa shape index (κ1) is 17.6. The van der Waals surface area contributed by atoms with Gasteiger partial charge in [-0.3, -0.25) is 4.79 Å². The number of anilines is 1. The van der Waals surface area contributed by atoms with E-state index in [4.69, 9.17) is 14.0 Å². The molecule has 1 amide bonds. The summed E-state index contributed by atoms with van der Waals surface area (Å²) in [6.07, 6.45) is 3.18. The molecule has 24 heavy (non-hydrogen) atoms. The van der Waals surface area contributed by atoms with Crippen LogP contribution in [0.1, 0.15) is 30.7 Å². The molecule has 0 spiro atoms. The highest BCUT2D eigenvalue weighted by molar-refractivity contribution is 6.01. The summed E-state index contributed by atoms with van der Waals surface area (Å²) in [6, 6.07) is 5.49. The van der Waals surface area contributed by atoms with Crippen molar-refractivity contribution in [1.29, 1.82) is 0 Å². The molecule has 0 aliphatic rings. The number of nitrogens with one attached hydrogen (secondary N) is 1. The number of hydrogen-bond donors (Lipinski definition) is 1. The van der Waals surface area contributed by atoms with Crippen LogP contribution in [0, 0.1) is 13.8 Å². The molecule has 0 bridgehead atoms. The Hall–Kier alpha value is -2.76. The van der Waals surface area contributed by atoms with Gasteiger partial charge in [0.05, 0.1) is 13.2 Å². The molecule has 0 radical (unpaired) electrons. The number of benzene rings is 1. The topological polar surface area (TPSA) is 73.6 Å². The van der Waals surface area contributed by atoms with E-state index in [1.807, 2.05) is 39.0 Å². The Morgan fingerprint density at radius 3 is 2.62 bits per heavy atom. The molecule has 2 rings (SSSR count). The molecule has 0 fully saturated rings. The van der Waals surface area contributed by atoms with Crippen LogP contribution in [0.15, 0.2) is 28.8 Å². The van der Waals surface area contributed by atoms with Crippen LogP contribution in [-0.2, 0) is 4.79 Å². The zero-order chi connectivity index (χ0) is 17.7. The number of amides is 1. The summed E-state index contributed by atoms with van der Waals surface area (Å²) in [5.74, 6) is 2.12. The fourth-order valence-corrected chi connectivity index (χ4v) is 2.00. The summed E-state index contributed by atoms with van der Waals surface area (Å²) in [5, 5.41) is 6.48. The van der Waals surface area contributed by atoms with Crippen molar-refractivity contribution in [2.75, 3.05) is 12.4 Å². The molecular weight excluding hydrogens is 308 g/mol. The maximum Gasteiger partial charge on any atom is 0.249 e. The van der Waals surface area contributed by atoms with Crippen molar-refractivity contribution in [3.63, 3.8) is 0 Å². The number of ether oxygens (including phenoxy) is 2. The average Bonchev–Trinajstić information content (AvgIpc) is 2.85. The van der Waals surface area contributed by atoms with Crippen molar-refractivity contribution < 1.29 is 18.8 Å². The average molecular weight is 330 g/mol. The largest absolute Gasteiger partial charge is 0.493 e. The second kappa shape index (κ2) is 7.68. The number of carbonyl (C=O) groups excluding carboxylic acids is 1. The van der Waals surface area contributed by atoms with E-state index in [1.165, 1.54) is 6.08 Å². The lowest BCUT2D eigenvalue weighted by Crippen LogP contribution is -2.09. The first-order chi connectivity index (χ1) is 11.4. The predicted molar refractivity (Wildman–Crippen MR) is 92.4 cm³/mol. The summed E-state index contributed by atoms with van der Waals surface area (Å²) < 4.78 is 16.0. The summed E-state index contributed by atoms with van der Waals surface area (Å²) in [7, 11) is 1.58. The number of aryl methyl sites for hydroxylation is 1. The number of rotatable bonds is 6. The second-order valence-electron chi connectivity index (χ2n) is 5.61. The summed E-state index contributed by atoms with van der Waals surface area (Å²) >= 11 is 0. The summed E-state index contributed by atoms with van der Waals surface area (Å²) in [6.45, 7) is 7.53. The first-order valence-electron chi connectivity index (χ1n) is 7.67. The normalized spacial score (nSPS) is 11.1. The van der Waals surface area contributed by atoms with Crippen LogP contribution in [0.4, 0.5) is 5.82 Å². The molecule has 128 valence electrons. The third-order valence-corrected chi connectivity index (χ3v) is 3.38. The van der Waals surface area contributed by atoms with Crippen LogP contribution < -0.4 is 14.8 Å². The molecule has 0 aliphatic carbocycles. The van der Waals surface area contributed by atoms with E-state index in [0.29, 0.717) is 23.1 Å². The molecule has 1 aromatic carbocycles. The van der Waals surface area contributed by atoms with Gasteiger partial charge in [0.15, 0.2) is 17.3 Å². The molecule has 6 heteroatoms. The van der Waals surface area contributed by atoms with Crippen LogP contribution in [0.3, 0.4) is 0 Å². The molecule has 1 aromatic heterocycles. The van der Waals surface area contributed by atoms with Crippen molar-refractivity contribution in [3.8, 4) is 11.5 Å². The van der Waals surface area contributed by atoms with Gasteiger partial charge in [-0.05, 0) is 51.5 Å². The number of carbonyl (C=O) groups is 1. The fourth-order valence-electron chi connectivity index (χ4n) is 2.00. The van der Waals surface area contributed by atoms with E-state index in [-0.39, 0.29) is 12.0 Å². The van der Waals surface area contributed by atoms with Gasteiger partial charge >= 0.3 is 0 Å². The molecular formula is C18H22N2O4. The molecule has 2 aromatic rings. The Morgan fingerprint density at radius 2 is 2.04 bits per heavy atom. The maximum atomic E-state index is 12.0. The highest BCUT2D eigenvalue weighted by Gasteiger charge is 2.10. The van der Waals surface area contributed by atoms with Gasteiger partial charge in [0.25, 0.3) is 0 Å². The molecule has 1 N–H and O–H groups in total. The van der Waals surface area contributed by atoms with Gasteiger partial charge in [-0.1, -0.05) is 11.2 Å². The third kappa shape index (κ3) is 4.38. The lowest BCUT2D eigenvalue weighted by Gasteiger charge is -2.13. The molecule has 0 saturated heterocycles. The lowest BCUT2D eigenvalue weighted by molar-refractivity contribution is -0.111. The van der Waals surface area contributed by atoms with Gasteiger partial charge in [-0.15, -0.1) is 0 Å². The molecule has 0 saturated carbocycles. The standard InChI is InChI=1S/C18H22N2O4/c1-11(2)23-15-8-6-14(10-16(15)22-5)7-9-17(21)19-18-12(3)13(4)24-20-18/h6-11H,1-5H3,(H,19,20,21)/b9-7+. The lowest BCUT2D eigenvalue weighted by atomic mass is 10.2. The second-order valence-corrected chi connectivity index (χ2v) is 5.61. The van der Waals surface area contributed by atoms with Gasteiger partial charge in [-0.25, -0.2) is 0 Å². The Kier molecular flexibility index (Phi) is 5.63. The van der Waals surface area contributed by atoms with Crippen molar-refractivity contribution in [2.45, 2.75) is 33.8 Å². The highest BCUT2D eigenvalue weighted by Crippen LogP contribution is 2.29. The van der Waals surface area contributed by atoms with Crippen molar-refractivity contribution in [1.82, 2.24) is 5.16 Å². The van der Waals surface area contributed by atoms with E-state index in [9.17, 15) is 4.79 Å². The van der Waals surface area contributed by atoms with Crippen molar-refractivity contribution in [2.24, 2.45) is 0 Å². The van der Waals surface area contributed by atoms with Gasteiger partial charge < -0.3 is 19.3 Å². The van der Waals surface area contributed by atoms with Gasteiger partial charge in [0.2, 0.25) is 5.91 Å². The van der Waals surface area contributed by atoms with E-state index >= 15 is 0 Å². The van der Waals surface area contributed by atoms with E-state index in [2.05, 4.69) is 10.5 Å². The summed E-state index contributed by atoms with van der Waals surface area (Å²) in [5.41, 5.74) is 1.64. The predicted octanol–water partition coefficient (Wildman–Crippen LogP) is 3.74. The van der Waals surface area contributed by atoms with Crippen LogP contribution in [0.5, 0.6) is 11.5 Å². The van der Waals surface area contributed by atoms with E-state index in [1.54, 1.807) is 20.1 Å². The highest BCUT2D eigenvalue weighted by atomic mass is 16.5. The Morgan fingerprint density at radius 1 is 1.29 bits per heavy atom. The van der Waals surface area contributed by atoms with Gasteiger partial charge in [0.1, 0.15) is 5.76 Å². The van der Waals surface area contributed by atoms with E-state index < -0.39 is 0 Å². The molecule has 0 atom stereocenters. The minimum absolute atomic E-state index is 0.0558. The molecule has 0 aliphatic heterocycles. The Bertz CT molecular complexity index is 747. The quantitative estimate of drug-likeness (QED) is 0.817. The molecule has 0 unspecified atom stereocenters. The van der Waals surface area contributed by atoms with Crippen molar-refractivity contribution in [3.05, 3.63) is 41.2 Å². The maximum absolute atomic E-state index is 12.0. The monoisotopic (exact) mass is 330 g/mol. The van der Waals surface area contributed by atoms with Crippen LogP contribution in [-0.4, -0.2) is 24.3 Å². The number of nitrogens with zero attached hydrogens (tertiary/aromatic N) is 1.